The summed E-state index contributed by atoms with van der Waals surface area (Å²) in [6.45, 7) is 0.0984. The summed E-state index contributed by atoms with van der Waals surface area (Å²) in [7, 11) is 0. The Morgan fingerprint density at radius 1 is 1.06 bits per heavy atom. The zero-order valence-corrected chi connectivity index (χ0v) is 16.6. The highest BCUT2D eigenvalue weighted by atomic mass is 16.5. The number of hydrogen-bond acceptors (Lipinski definition) is 9. The van der Waals surface area contributed by atoms with Gasteiger partial charge in [-0.3, -0.25) is 9.59 Å². The molecule has 0 aliphatic heterocycles. The molecule has 3 rings (SSSR count). The van der Waals surface area contributed by atoms with Crippen LogP contribution in [0.15, 0.2) is 28.7 Å². The Balaban J connectivity index is 2.12. The average Bonchev–Trinajstić information content (AvgIpc) is 3.06. The molecule has 10 nitrogen and oxygen atoms in total. The molecular formula is C21H23N3O7. The van der Waals surface area contributed by atoms with Crippen LogP contribution < -0.4 is 21.9 Å². The van der Waals surface area contributed by atoms with Crippen molar-refractivity contribution >= 4 is 34.0 Å². The SMILES string of the molecule is NC(=O)CCc1oc2cc(OCCCO)c(O)cc2c1C(=O)c1cc(N)c(O)c(N)c1. The maximum Gasteiger partial charge on any atom is 0.217 e. The first kappa shape index (κ1) is 21.8. The Kier molecular flexibility index (Phi) is 6.21. The number of amides is 1. The number of rotatable bonds is 9. The van der Waals surface area contributed by atoms with Gasteiger partial charge in [0, 0.05) is 42.9 Å². The van der Waals surface area contributed by atoms with Crippen LogP contribution in [-0.2, 0) is 11.2 Å². The standard InChI is InChI=1S/C21H23N3O7/c22-12-6-10(7-13(23)21(12)29)20(28)19-11-8-14(26)17(30-5-1-4-25)9-16(11)31-15(19)2-3-18(24)27/h6-9,25-26,29H,1-5,22-23H2,(H2,24,27). The fraction of sp³-hybridized carbons (Fsp3) is 0.238. The number of aliphatic hydroxyl groups excluding tert-OH is 1. The van der Waals surface area contributed by atoms with Crippen molar-refractivity contribution in [2.45, 2.75) is 19.3 Å². The van der Waals surface area contributed by atoms with E-state index in [0.717, 1.165) is 0 Å². The smallest absolute Gasteiger partial charge is 0.217 e. The number of aromatic hydroxyl groups is 2. The molecule has 2 aromatic carbocycles. The number of carbonyl (C=O) groups is 2. The molecule has 1 heterocycles. The number of ether oxygens (including phenoxy) is 1. The molecule has 0 unspecified atom stereocenters. The number of carbonyl (C=O) groups excluding carboxylic acids is 2. The summed E-state index contributed by atoms with van der Waals surface area (Å²) in [5.41, 5.74) is 17.0. The molecule has 0 bridgehead atoms. The van der Waals surface area contributed by atoms with E-state index in [1.54, 1.807) is 0 Å². The highest BCUT2D eigenvalue weighted by Gasteiger charge is 2.25. The molecular weight excluding hydrogens is 406 g/mol. The zero-order valence-electron chi connectivity index (χ0n) is 16.6. The molecule has 0 radical (unpaired) electrons. The Hall–Kier alpha value is -3.92. The van der Waals surface area contributed by atoms with Crippen LogP contribution in [0.25, 0.3) is 11.0 Å². The van der Waals surface area contributed by atoms with E-state index in [0.29, 0.717) is 11.8 Å². The van der Waals surface area contributed by atoms with Crippen molar-refractivity contribution in [2.75, 3.05) is 24.7 Å². The Morgan fingerprint density at radius 2 is 1.74 bits per heavy atom. The molecule has 10 heteroatoms. The quantitative estimate of drug-likeness (QED) is 0.126. The lowest BCUT2D eigenvalue weighted by molar-refractivity contribution is -0.118. The third-order valence-electron chi connectivity index (χ3n) is 4.66. The van der Waals surface area contributed by atoms with Crippen molar-refractivity contribution in [1.29, 1.82) is 0 Å². The summed E-state index contributed by atoms with van der Waals surface area (Å²) in [6.07, 6.45) is 0.355. The Bertz CT molecular complexity index is 1130. The summed E-state index contributed by atoms with van der Waals surface area (Å²) < 4.78 is 11.2. The first-order valence-electron chi connectivity index (χ1n) is 9.46. The maximum absolute atomic E-state index is 13.3. The van der Waals surface area contributed by atoms with Crippen molar-refractivity contribution < 1.29 is 34.1 Å². The topological polar surface area (TPSA) is 195 Å². The lowest BCUT2D eigenvalue weighted by atomic mass is 9.97. The number of nitrogens with two attached hydrogens (primary N) is 3. The molecule has 164 valence electrons. The van der Waals surface area contributed by atoms with E-state index in [4.69, 9.17) is 31.5 Å². The van der Waals surface area contributed by atoms with E-state index in [-0.39, 0.29) is 77.1 Å². The first-order chi connectivity index (χ1) is 14.7. The molecule has 0 atom stereocenters. The van der Waals surface area contributed by atoms with Gasteiger partial charge in [-0.15, -0.1) is 0 Å². The van der Waals surface area contributed by atoms with Gasteiger partial charge in [0.1, 0.15) is 11.3 Å². The lowest BCUT2D eigenvalue weighted by Crippen LogP contribution is -2.12. The van der Waals surface area contributed by atoms with Crippen molar-refractivity contribution in [3.8, 4) is 17.2 Å². The van der Waals surface area contributed by atoms with Gasteiger partial charge in [-0.25, -0.2) is 0 Å². The fourth-order valence-corrected chi connectivity index (χ4v) is 3.14. The molecule has 0 saturated heterocycles. The normalized spacial score (nSPS) is 11.0. The number of aryl methyl sites for hydroxylation is 1. The number of furan rings is 1. The van der Waals surface area contributed by atoms with Crippen LogP contribution in [0.5, 0.6) is 17.2 Å². The zero-order chi connectivity index (χ0) is 22.7. The number of nitrogen functional groups attached to an aromatic ring is 2. The van der Waals surface area contributed by atoms with Gasteiger partial charge in [0.2, 0.25) is 5.91 Å². The second kappa shape index (κ2) is 8.84. The van der Waals surface area contributed by atoms with Gasteiger partial charge in [-0.05, 0) is 18.2 Å². The van der Waals surface area contributed by atoms with Crippen LogP contribution in [0.2, 0.25) is 0 Å². The highest BCUT2D eigenvalue weighted by Crippen LogP contribution is 2.38. The van der Waals surface area contributed by atoms with Crippen molar-refractivity contribution in [1.82, 2.24) is 0 Å². The van der Waals surface area contributed by atoms with Gasteiger partial charge in [-0.1, -0.05) is 0 Å². The van der Waals surface area contributed by atoms with Gasteiger partial charge in [0.05, 0.1) is 23.5 Å². The monoisotopic (exact) mass is 429 g/mol. The van der Waals surface area contributed by atoms with E-state index in [1.165, 1.54) is 24.3 Å². The number of primary amides is 1. The lowest BCUT2D eigenvalue weighted by Gasteiger charge is -2.08. The minimum absolute atomic E-state index is 0.0512. The number of aliphatic hydroxyl groups is 1. The third kappa shape index (κ3) is 4.48. The van der Waals surface area contributed by atoms with E-state index in [9.17, 15) is 19.8 Å². The summed E-state index contributed by atoms with van der Waals surface area (Å²) in [5.74, 6) is -1.35. The van der Waals surface area contributed by atoms with Crippen LogP contribution in [0.1, 0.15) is 34.5 Å². The predicted octanol–water partition coefficient (Wildman–Crippen LogP) is 1.42. The molecule has 0 fully saturated rings. The number of ketones is 1. The molecule has 9 N–H and O–H groups in total. The maximum atomic E-state index is 13.3. The van der Waals surface area contributed by atoms with E-state index >= 15 is 0 Å². The van der Waals surface area contributed by atoms with Gasteiger partial charge < -0.3 is 41.7 Å². The molecule has 0 spiro atoms. The van der Waals surface area contributed by atoms with E-state index < -0.39 is 11.7 Å². The fourth-order valence-electron chi connectivity index (χ4n) is 3.14. The molecule has 0 aliphatic rings. The van der Waals surface area contributed by atoms with Crippen molar-refractivity contribution in [2.24, 2.45) is 5.73 Å². The molecule has 31 heavy (non-hydrogen) atoms. The van der Waals surface area contributed by atoms with Crippen LogP contribution in [0.3, 0.4) is 0 Å². The molecule has 0 aliphatic carbocycles. The van der Waals surface area contributed by atoms with Crippen LogP contribution in [-0.4, -0.2) is 40.2 Å². The molecule has 1 amide bonds. The highest BCUT2D eigenvalue weighted by molar-refractivity contribution is 6.18. The summed E-state index contributed by atoms with van der Waals surface area (Å²) in [4.78, 5) is 24.6. The number of fused-ring (bicyclic) bond motifs is 1. The van der Waals surface area contributed by atoms with Crippen molar-refractivity contribution in [3.63, 3.8) is 0 Å². The second-order valence-electron chi connectivity index (χ2n) is 6.94. The summed E-state index contributed by atoms with van der Waals surface area (Å²) in [6, 6.07) is 5.29. The molecule has 1 aromatic heterocycles. The third-order valence-corrected chi connectivity index (χ3v) is 4.66. The van der Waals surface area contributed by atoms with Crippen LogP contribution in [0, 0.1) is 0 Å². The van der Waals surface area contributed by atoms with Gasteiger partial charge >= 0.3 is 0 Å². The molecule has 3 aromatic rings. The number of hydrogen-bond donors (Lipinski definition) is 6. The van der Waals surface area contributed by atoms with Gasteiger partial charge in [0.25, 0.3) is 0 Å². The average molecular weight is 429 g/mol. The summed E-state index contributed by atoms with van der Waals surface area (Å²) >= 11 is 0. The summed E-state index contributed by atoms with van der Waals surface area (Å²) in [5, 5.41) is 29.3. The van der Waals surface area contributed by atoms with Crippen molar-refractivity contribution in [3.05, 3.63) is 41.2 Å². The van der Waals surface area contributed by atoms with E-state index in [2.05, 4.69) is 0 Å². The minimum Gasteiger partial charge on any atom is -0.504 e. The predicted molar refractivity (Wildman–Crippen MR) is 113 cm³/mol. The number of benzene rings is 2. The van der Waals surface area contributed by atoms with Crippen LogP contribution in [0.4, 0.5) is 11.4 Å². The second-order valence-corrected chi connectivity index (χ2v) is 6.94. The van der Waals surface area contributed by atoms with Gasteiger partial charge in [-0.2, -0.15) is 0 Å². The number of anilines is 2. The number of phenols is 2. The minimum atomic E-state index is -0.576. The number of phenolic OH excluding ortho intramolecular Hbond substituents is 2. The largest absolute Gasteiger partial charge is 0.504 e. The Morgan fingerprint density at radius 3 is 2.35 bits per heavy atom. The van der Waals surface area contributed by atoms with E-state index in [1.807, 2.05) is 0 Å². The first-order valence-corrected chi connectivity index (χ1v) is 9.46. The Labute approximate surface area is 176 Å². The molecule has 0 saturated carbocycles. The van der Waals surface area contributed by atoms with Gasteiger partial charge in [0.15, 0.2) is 23.0 Å². The van der Waals surface area contributed by atoms with Crippen LogP contribution >= 0.6 is 0 Å².